The molecule has 0 aromatic heterocycles. The number of carbonyl (C=O) groups excluding carboxylic acids is 3. The maximum atomic E-state index is 13.1. The maximum absolute atomic E-state index is 13.1. The van der Waals surface area contributed by atoms with Crippen LogP contribution >= 0.6 is 0 Å². The zero-order chi connectivity index (χ0) is 37.0. The van der Waals surface area contributed by atoms with E-state index in [0.717, 1.165) is 0 Å². The minimum atomic E-state index is -0.972. The molecular weight excluding hydrogens is 638 g/mol. The highest BCUT2D eigenvalue weighted by atomic mass is 16.6. The number of aliphatic hydroxyl groups is 5. The second kappa shape index (κ2) is 16.5. The third-order valence-corrected chi connectivity index (χ3v) is 9.11. The van der Waals surface area contributed by atoms with Gasteiger partial charge in [0.1, 0.15) is 23.9 Å². The standard InChI is InChI=1S/C21H18O7.C12H25NO5.C3H8/c1-28-14-4-2-3-11-15(14)21(27)17-16(19(11)25)20(26)12-7-9(13(23)8-22)5-6-10(12)18(17)24;1-6(14)11(17)12(3,4)13-8-5-9(15)18-7(2)10(8)16;1-3-2/h2-4,9,22,24,26H,5-8H2,1H3;6-11,13-17H,5H2,1-4H3;3H2,1-2H3/t9-;6?,7?,8-,9-,10?,11?;/m01./s1. The Bertz CT molecular complexity index is 1520. The van der Waals surface area contributed by atoms with Gasteiger partial charge in [0.05, 0.1) is 48.2 Å². The number of aliphatic hydroxyl groups excluding tert-OH is 5. The van der Waals surface area contributed by atoms with Gasteiger partial charge in [-0.1, -0.05) is 32.4 Å². The predicted octanol–water partition coefficient (Wildman–Crippen LogP) is 1.92. The summed E-state index contributed by atoms with van der Waals surface area (Å²) in [6, 6.07) is 4.19. The Morgan fingerprint density at radius 1 is 1.04 bits per heavy atom. The van der Waals surface area contributed by atoms with E-state index in [2.05, 4.69) is 19.2 Å². The summed E-state index contributed by atoms with van der Waals surface area (Å²) in [6.45, 7) is 10.3. The Morgan fingerprint density at radius 3 is 2.20 bits per heavy atom. The van der Waals surface area contributed by atoms with Crippen LogP contribution in [0.4, 0.5) is 0 Å². The number of fused-ring (bicyclic) bond motifs is 3. The molecule has 1 aliphatic heterocycles. The van der Waals surface area contributed by atoms with Crippen LogP contribution in [0.3, 0.4) is 0 Å². The molecule has 2 aromatic carbocycles. The van der Waals surface area contributed by atoms with Crippen LogP contribution in [0.15, 0.2) is 18.2 Å². The molecule has 49 heavy (non-hydrogen) atoms. The molecule has 1 fully saturated rings. The highest BCUT2D eigenvalue weighted by Gasteiger charge is 2.42. The van der Waals surface area contributed by atoms with Gasteiger partial charge in [0.15, 0.2) is 17.9 Å². The largest absolute Gasteiger partial charge is 0.507 e. The van der Waals surface area contributed by atoms with Crippen molar-refractivity contribution in [3.63, 3.8) is 0 Å². The molecule has 4 unspecified atom stereocenters. The third kappa shape index (κ3) is 8.31. The lowest BCUT2D eigenvalue weighted by Crippen LogP contribution is -2.63. The van der Waals surface area contributed by atoms with Crippen molar-refractivity contribution in [2.24, 2.45) is 5.92 Å². The number of methoxy groups -OCH3 is 1. The summed E-state index contributed by atoms with van der Waals surface area (Å²) < 4.78 is 10.3. The van der Waals surface area contributed by atoms with Crippen LogP contribution in [0.1, 0.15) is 104 Å². The summed E-state index contributed by atoms with van der Waals surface area (Å²) >= 11 is 0. The number of phenolic OH excluding ortho intramolecular Hbond substituents is 2. The number of Topliss-reactive ketones (excluding diaryl/α,β-unsaturated/α-hetero) is 1. The molecule has 0 saturated carbocycles. The number of aromatic hydroxyl groups is 2. The molecule has 7 atom stereocenters. The second-order valence-electron chi connectivity index (χ2n) is 13.4. The van der Waals surface area contributed by atoms with Crippen LogP contribution in [-0.4, -0.2) is 109 Å². The summed E-state index contributed by atoms with van der Waals surface area (Å²) in [5.74, 6) is -2.56. The van der Waals surface area contributed by atoms with E-state index in [1.165, 1.54) is 26.5 Å². The van der Waals surface area contributed by atoms with Gasteiger partial charge in [-0.25, -0.2) is 0 Å². The number of hydrogen-bond acceptors (Lipinski definition) is 13. The number of nitrogens with one attached hydrogen (secondary N) is 1. The van der Waals surface area contributed by atoms with Crippen molar-refractivity contribution in [2.75, 3.05) is 13.7 Å². The van der Waals surface area contributed by atoms with Crippen LogP contribution in [-0.2, 0) is 22.4 Å². The minimum Gasteiger partial charge on any atom is -0.507 e. The summed E-state index contributed by atoms with van der Waals surface area (Å²) in [7, 11) is 1.38. The van der Waals surface area contributed by atoms with Crippen LogP contribution in [0.5, 0.6) is 17.2 Å². The van der Waals surface area contributed by atoms with Gasteiger partial charge in [-0.3, -0.25) is 14.4 Å². The molecule has 13 heteroatoms. The van der Waals surface area contributed by atoms with Gasteiger partial charge in [-0.2, -0.15) is 0 Å². The van der Waals surface area contributed by atoms with E-state index >= 15 is 0 Å². The number of hydrogen-bond donors (Lipinski definition) is 8. The number of rotatable bonds is 7. The van der Waals surface area contributed by atoms with Crippen LogP contribution in [0.2, 0.25) is 0 Å². The molecule has 2 aromatic rings. The number of phenols is 2. The van der Waals surface area contributed by atoms with Gasteiger partial charge in [0.2, 0.25) is 5.78 Å². The molecule has 1 heterocycles. The minimum absolute atomic E-state index is 0.0568. The maximum Gasteiger partial charge on any atom is 0.202 e. The third-order valence-electron chi connectivity index (χ3n) is 9.11. The van der Waals surface area contributed by atoms with E-state index < -0.39 is 66.4 Å². The second-order valence-corrected chi connectivity index (χ2v) is 13.4. The average molecular weight is 690 g/mol. The zero-order valence-electron chi connectivity index (χ0n) is 29.2. The molecule has 13 nitrogen and oxygen atoms in total. The van der Waals surface area contributed by atoms with E-state index in [9.17, 15) is 45.0 Å². The number of ketones is 3. The van der Waals surface area contributed by atoms with Gasteiger partial charge < -0.3 is 50.5 Å². The fraction of sp³-hybridized carbons (Fsp3) is 0.583. The van der Waals surface area contributed by atoms with Crippen molar-refractivity contribution in [3.05, 3.63) is 51.6 Å². The van der Waals surface area contributed by atoms with Crippen molar-refractivity contribution < 1.29 is 59.6 Å². The first-order valence-electron chi connectivity index (χ1n) is 16.6. The summed E-state index contributed by atoms with van der Waals surface area (Å²) in [5.41, 5.74) is -0.480. The molecule has 2 aliphatic carbocycles. The SMILES string of the molecule is CC(O)C(O)C(C)(C)N[C@@H]1C[C@H](O)OC(C)C1O.CCC.COc1cccc2c1C(=O)c1c(O)c3c(c(O)c1C2=O)C[C@@H](C(=O)CO)CC3. The van der Waals surface area contributed by atoms with Crippen LogP contribution in [0, 0.1) is 5.92 Å². The molecule has 272 valence electrons. The summed E-state index contributed by atoms with van der Waals surface area (Å²) in [5, 5.41) is 72.7. The van der Waals surface area contributed by atoms with Crippen molar-refractivity contribution in [1.29, 1.82) is 0 Å². The van der Waals surface area contributed by atoms with Crippen LogP contribution < -0.4 is 10.1 Å². The Balaban J connectivity index is 0.000000268. The lowest BCUT2D eigenvalue weighted by Gasteiger charge is -2.43. The van der Waals surface area contributed by atoms with Gasteiger partial charge in [-0.05, 0) is 53.0 Å². The normalized spacial score (nSPS) is 24.1. The Labute approximate surface area is 286 Å². The highest BCUT2D eigenvalue weighted by molar-refractivity contribution is 6.31. The predicted molar refractivity (Wildman–Crippen MR) is 179 cm³/mol. The fourth-order valence-electron chi connectivity index (χ4n) is 6.59. The quantitative estimate of drug-likeness (QED) is 0.166. The Hall–Kier alpha value is -3.43. The van der Waals surface area contributed by atoms with Crippen molar-refractivity contribution in [1.82, 2.24) is 5.32 Å². The topological polar surface area (TPSA) is 223 Å². The van der Waals surface area contributed by atoms with E-state index in [4.69, 9.17) is 14.6 Å². The number of ether oxygens (including phenoxy) is 2. The first kappa shape index (κ1) is 40.0. The molecule has 8 N–H and O–H groups in total. The van der Waals surface area contributed by atoms with Gasteiger partial charge in [0, 0.05) is 40.6 Å². The first-order valence-corrected chi connectivity index (χ1v) is 16.6. The van der Waals surface area contributed by atoms with Crippen LogP contribution in [0.25, 0.3) is 0 Å². The molecule has 1 saturated heterocycles. The molecular formula is C36H51NO12. The number of carbonyl (C=O) groups is 3. The molecule has 0 bridgehead atoms. The van der Waals surface area contributed by atoms with Gasteiger partial charge >= 0.3 is 0 Å². The smallest absolute Gasteiger partial charge is 0.202 e. The molecule has 0 spiro atoms. The molecule has 3 aliphatic rings. The average Bonchev–Trinajstić information content (AvgIpc) is 3.06. The van der Waals surface area contributed by atoms with Crippen molar-refractivity contribution in [2.45, 2.75) is 116 Å². The lowest BCUT2D eigenvalue weighted by molar-refractivity contribution is -0.206. The van der Waals surface area contributed by atoms with Gasteiger partial charge in [0.25, 0.3) is 0 Å². The van der Waals surface area contributed by atoms with E-state index in [0.29, 0.717) is 12.0 Å². The molecule has 0 amide bonds. The fourth-order valence-corrected chi connectivity index (χ4v) is 6.59. The first-order chi connectivity index (χ1) is 23.0. The van der Waals surface area contributed by atoms with Crippen molar-refractivity contribution in [3.8, 4) is 17.2 Å². The van der Waals surface area contributed by atoms with E-state index in [-0.39, 0.29) is 70.1 Å². The number of benzene rings is 2. The Morgan fingerprint density at radius 2 is 1.63 bits per heavy atom. The zero-order valence-corrected chi connectivity index (χ0v) is 29.2. The summed E-state index contributed by atoms with van der Waals surface area (Å²) in [4.78, 5) is 38.1. The monoisotopic (exact) mass is 689 g/mol. The Kier molecular flexibility index (Phi) is 13.5. The molecule has 5 rings (SSSR count). The lowest BCUT2D eigenvalue weighted by atomic mass is 9.75. The van der Waals surface area contributed by atoms with Crippen molar-refractivity contribution >= 4 is 17.3 Å². The van der Waals surface area contributed by atoms with Gasteiger partial charge in [-0.15, -0.1) is 0 Å². The molecule has 0 radical (unpaired) electrons. The summed E-state index contributed by atoms with van der Waals surface area (Å²) in [6.07, 6.45) is -1.83. The highest BCUT2D eigenvalue weighted by Crippen LogP contribution is 2.47. The van der Waals surface area contributed by atoms with E-state index in [1.807, 2.05) is 0 Å². The van der Waals surface area contributed by atoms with E-state index in [1.54, 1.807) is 32.9 Å².